The van der Waals surface area contributed by atoms with Crippen LogP contribution in [0.15, 0.2) is 47.5 Å². The number of rotatable bonds is 9. The van der Waals surface area contributed by atoms with Gasteiger partial charge in [0.1, 0.15) is 0 Å². The quantitative estimate of drug-likeness (QED) is 0.432. The summed E-state index contributed by atoms with van der Waals surface area (Å²) in [5, 5.41) is 14.3. The summed E-state index contributed by atoms with van der Waals surface area (Å²) in [6.07, 6.45) is 7.56. The third-order valence-corrected chi connectivity index (χ3v) is 5.84. The summed E-state index contributed by atoms with van der Waals surface area (Å²) >= 11 is 0. The first kappa shape index (κ1) is 21.7. The number of pyridine rings is 1. The molecule has 0 amide bonds. The van der Waals surface area contributed by atoms with Crippen LogP contribution in [-0.2, 0) is 19.5 Å². The summed E-state index contributed by atoms with van der Waals surface area (Å²) in [5.41, 5.74) is 6.28. The van der Waals surface area contributed by atoms with Crippen molar-refractivity contribution in [3.05, 3.63) is 70.2 Å². The minimum absolute atomic E-state index is 0.0908. The Bertz CT molecular complexity index is 1220. The van der Waals surface area contributed by atoms with Crippen molar-refractivity contribution in [1.29, 1.82) is 0 Å². The van der Waals surface area contributed by atoms with Crippen LogP contribution in [0.2, 0.25) is 0 Å². The largest absolute Gasteiger partial charge is 0.328 e. The summed E-state index contributed by atoms with van der Waals surface area (Å²) in [5.74, 6) is 0.511. The van der Waals surface area contributed by atoms with Gasteiger partial charge in [-0.3, -0.25) is 14.1 Å². The first-order chi connectivity index (χ1) is 15.6. The van der Waals surface area contributed by atoms with Crippen LogP contribution in [-0.4, -0.2) is 34.7 Å². The number of nitrogens with one attached hydrogen (secondary N) is 1. The van der Waals surface area contributed by atoms with Crippen LogP contribution in [0.25, 0.3) is 22.5 Å². The summed E-state index contributed by atoms with van der Waals surface area (Å²) in [4.78, 5) is 17.3. The molecule has 8 heteroatoms. The molecule has 4 aromatic rings. The average molecular weight is 432 g/mol. The van der Waals surface area contributed by atoms with E-state index in [2.05, 4.69) is 70.6 Å². The third-order valence-electron chi connectivity index (χ3n) is 5.84. The molecule has 3 heterocycles. The van der Waals surface area contributed by atoms with Crippen molar-refractivity contribution >= 4 is 0 Å². The highest BCUT2D eigenvalue weighted by Gasteiger charge is 2.17. The van der Waals surface area contributed by atoms with Crippen molar-refractivity contribution in [2.45, 2.75) is 59.5 Å². The van der Waals surface area contributed by atoms with Crippen molar-refractivity contribution < 1.29 is 0 Å². The average Bonchev–Trinajstić information content (AvgIpc) is 3.43. The van der Waals surface area contributed by atoms with E-state index in [1.165, 1.54) is 0 Å². The van der Waals surface area contributed by atoms with E-state index in [-0.39, 0.29) is 5.69 Å². The Morgan fingerprint density at radius 1 is 1.00 bits per heavy atom. The van der Waals surface area contributed by atoms with Gasteiger partial charge >= 0.3 is 5.69 Å². The van der Waals surface area contributed by atoms with E-state index in [0.29, 0.717) is 12.4 Å². The maximum absolute atomic E-state index is 13.1. The van der Waals surface area contributed by atoms with Gasteiger partial charge in [0.25, 0.3) is 0 Å². The molecule has 0 saturated heterocycles. The summed E-state index contributed by atoms with van der Waals surface area (Å²) < 4.78 is 3.88. The van der Waals surface area contributed by atoms with E-state index in [9.17, 15) is 4.79 Å². The van der Waals surface area contributed by atoms with E-state index in [1.807, 2.05) is 15.2 Å². The molecule has 1 aromatic carbocycles. The molecule has 0 spiro atoms. The zero-order valence-electron chi connectivity index (χ0n) is 18.9. The van der Waals surface area contributed by atoms with E-state index in [1.54, 1.807) is 12.4 Å². The van der Waals surface area contributed by atoms with E-state index in [4.69, 9.17) is 0 Å². The highest BCUT2D eigenvalue weighted by atomic mass is 16.1. The number of tetrazole rings is 1. The normalized spacial score (nSPS) is 11.2. The van der Waals surface area contributed by atoms with Crippen molar-refractivity contribution in [1.82, 2.24) is 34.7 Å². The van der Waals surface area contributed by atoms with Crippen molar-refractivity contribution in [2.24, 2.45) is 0 Å². The molecule has 0 aliphatic rings. The molecule has 0 bridgehead atoms. The third kappa shape index (κ3) is 4.26. The van der Waals surface area contributed by atoms with E-state index in [0.717, 1.165) is 65.9 Å². The molecular weight excluding hydrogens is 402 g/mol. The van der Waals surface area contributed by atoms with Gasteiger partial charge in [-0.25, -0.2) is 4.79 Å². The Morgan fingerprint density at radius 3 is 2.50 bits per heavy atom. The molecule has 166 valence electrons. The second-order valence-corrected chi connectivity index (χ2v) is 8.01. The molecule has 32 heavy (non-hydrogen) atoms. The molecule has 0 fully saturated rings. The lowest BCUT2D eigenvalue weighted by Crippen LogP contribution is -2.26. The summed E-state index contributed by atoms with van der Waals surface area (Å²) in [7, 11) is 0. The van der Waals surface area contributed by atoms with Gasteiger partial charge in [-0.15, -0.1) is 10.2 Å². The van der Waals surface area contributed by atoms with Crippen LogP contribution in [0.5, 0.6) is 0 Å². The molecule has 1 N–H and O–H groups in total. The molecule has 0 radical (unpaired) electrons. The molecule has 0 atom stereocenters. The molecule has 3 aromatic heterocycles. The van der Waals surface area contributed by atoms with Gasteiger partial charge in [0, 0.05) is 35.9 Å². The van der Waals surface area contributed by atoms with Crippen LogP contribution in [0.4, 0.5) is 0 Å². The lowest BCUT2D eigenvalue weighted by Gasteiger charge is -2.10. The smallest absolute Gasteiger partial charge is 0.296 e. The topological polar surface area (TPSA) is 94.3 Å². The number of unbranched alkanes of at least 4 members (excludes halogenated alkanes) is 1. The number of imidazole rings is 1. The SMILES string of the molecule is CCCCc1c(C)n(CCC)c(=O)n1Cc1ccc(-c2ccncc2-c2nn[nH]n2)cc1. The maximum atomic E-state index is 13.1. The first-order valence-corrected chi connectivity index (χ1v) is 11.2. The molecular formula is C24H29N7O. The number of H-pyrrole nitrogens is 1. The van der Waals surface area contributed by atoms with Crippen LogP contribution < -0.4 is 5.69 Å². The summed E-state index contributed by atoms with van der Waals surface area (Å²) in [6.45, 7) is 7.70. The number of hydrogen-bond donors (Lipinski definition) is 1. The van der Waals surface area contributed by atoms with Gasteiger partial charge in [-0.05, 0) is 54.2 Å². The highest BCUT2D eigenvalue weighted by Crippen LogP contribution is 2.29. The lowest BCUT2D eigenvalue weighted by atomic mass is 10.00. The zero-order valence-corrected chi connectivity index (χ0v) is 18.9. The minimum Gasteiger partial charge on any atom is -0.296 e. The molecule has 0 aliphatic heterocycles. The predicted octanol–water partition coefficient (Wildman–Crippen LogP) is 4.00. The van der Waals surface area contributed by atoms with Gasteiger partial charge in [-0.1, -0.05) is 44.5 Å². The fourth-order valence-corrected chi connectivity index (χ4v) is 4.14. The Balaban J connectivity index is 1.65. The maximum Gasteiger partial charge on any atom is 0.328 e. The van der Waals surface area contributed by atoms with Crippen molar-refractivity contribution in [3.63, 3.8) is 0 Å². The second-order valence-electron chi connectivity index (χ2n) is 8.01. The molecule has 8 nitrogen and oxygen atoms in total. The molecule has 4 rings (SSSR count). The second kappa shape index (κ2) is 9.72. The summed E-state index contributed by atoms with van der Waals surface area (Å²) in [6, 6.07) is 10.3. The number of hydrogen-bond acceptors (Lipinski definition) is 5. The Morgan fingerprint density at radius 2 is 1.81 bits per heavy atom. The molecule has 0 saturated carbocycles. The number of aromatic amines is 1. The Hall–Kier alpha value is -3.55. The fourth-order valence-electron chi connectivity index (χ4n) is 4.14. The minimum atomic E-state index is 0.0908. The van der Waals surface area contributed by atoms with Crippen LogP contribution in [0.1, 0.15) is 50.1 Å². The Kier molecular flexibility index (Phi) is 6.58. The Labute approximate surface area is 187 Å². The first-order valence-electron chi connectivity index (χ1n) is 11.2. The van der Waals surface area contributed by atoms with Crippen LogP contribution in [0, 0.1) is 6.92 Å². The predicted molar refractivity (Wildman–Crippen MR) is 124 cm³/mol. The van der Waals surface area contributed by atoms with Crippen LogP contribution in [0.3, 0.4) is 0 Å². The monoisotopic (exact) mass is 431 g/mol. The van der Waals surface area contributed by atoms with E-state index >= 15 is 0 Å². The zero-order chi connectivity index (χ0) is 22.5. The van der Waals surface area contributed by atoms with Crippen molar-refractivity contribution in [3.8, 4) is 22.5 Å². The van der Waals surface area contributed by atoms with Crippen molar-refractivity contribution in [2.75, 3.05) is 0 Å². The van der Waals surface area contributed by atoms with Gasteiger partial charge in [0.15, 0.2) is 0 Å². The standard InChI is InChI=1S/C24H29N7O/c1-4-6-7-22-17(3)30(14-5-2)24(32)31(22)16-18-8-10-19(11-9-18)20-12-13-25-15-21(20)23-26-28-29-27-23/h8-13,15H,4-7,14,16H2,1-3H3,(H,26,27,28,29). The van der Waals surface area contributed by atoms with Crippen LogP contribution >= 0.6 is 0 Å². The van der Waals surface area contributed by atoms with Gasteiger partial charge < -0.3 is 0 Å². The van der Waals surface area contributed by atoms with Gasteiger partial charge in [0.2, 0.25) is 5.82 Å². The number of nitrogens with zero attached hydrogens (tertiary/aromatic N) is 6. The lowest BCUT2D eigenvalue weighted by molar-refractivity contribution is 0.611. The van der Waals surface area contributed by atoms with Gasteiger partial charge in [-0.2, -0.15) is 5.21 Å². The van der Waals surface area contributed by atoms with Gasteiger partial charge in [0.05, 0.1) is 6.54 Å². The van der Waals surface area contributed by atoms with E-state index < -0.39 is 0 Å². The number of benzene rings is 1. The number of aromatic nitrogens is 7. The molecule has 0 unspecified atom stereocenters. The highest BCUT2D eigenvalue weighted by molar-refractivity contribution is 5.79. The molecule has 0 aliphatic carbocycles. The fraction of sp³-hybridized carbons (Fsp3) is 0.375.